The van der Waals surface area contributed by atoms with E-state index in [0.29, 0.717) is 17.9 Å². The molecule has 0 spiro atoms. The summed E-state index contributed by atoms with van der Waals surface area (Å²) in [6.07, 6.45) is 3.46. The summed E-state index contributed by atoms with van der Waals surface area (Å²) in [6.45, 7) is 10.1. The van der Waals surface area contributed by atoms with E-state index in [4.69, 9.17) is 4.98 Å². The number of hydrogen-bond acceptors (Lipinski definition) is 4. The number of aromatic nitrogens is 3. The van der Waals surface area contributed by atoms with Gasteiger partial charge in [-0.05, 0) is 53.0 Å². The second kappa shape index (κ2) is 7.53. The minimum atomic E-state index is -0.877. The molecule has 1 atom stereocenters. The minimum Gasteiger partial charge on any atom is -0.481 e. The number of carboxylic acids is 1. The van der Waals surface area contributed by atoms with E-state index >= 15 is 0 Å². The van der Waals surface area contributed by atoms with Gasteiger partial charge in [-0.3, -0.25) is 9.59 Å². The molecular formula is C21H30N4O3. The van der Waals surface area contributed by atoms with Crippen molar-refractivity contribution in [2.45, 2.75) is 71.8 Å². The van der Waals surface area contributed by atoms with Gasteiger partial charge in [0.1, 0.15) is 0 Å². The third kappa shape index (κ3) is 4.03. The lowest BCUT2D eigenvalue weighted by molar-refractivity contribution is -0.141. The molecule has 2 aromatic rings. The predicted octanol–water partition coefficient (Wildman–Crippen LogP) is 3.60. The molecule has 28 heavy (non-hydrogen) atoms. The fourth-order valence-corrected chi connectivity index (χ4v) is 3.52. The number of nitrogens with one attached hydrogen (secondary N) is 1. The first-order valence-electron chi connectivity index (χ1n) is 10.0. The topological polar surface area (TPSA) is 97.1 Å². The molecule has 3 rings (SSSR count). The van der Waals surface area contributed by atoms with E-state index in [0.717, 1.165) is 41.7 Å². The Hall–Kier alpha value is -2.44. The van der Waals surface area contributed by atoms with Crippen LogP contribution in [0.1, 0.15) is 81.0 Å². The smallest absolute Gasteiger partial charge is 0.308 e. The van der Waals surface area contributed by atoms with Crippen LogP contribution in [0.4, 0.5) is 0 Å². The lowest BCUT2D eigenvalue weighted by Crippen LogP contribution is -2.33. The van der Waals surface area contributed by atoms with Gasteiger partial charge in [0.15, 0.2) is 5.65 Å². The molecule has 0 aliphatic heterocycles. The Morgan fingerprint density at radius 3 is 2.57 bits per heavy atom. The number of pyridine rings is 1. The van der Waals surface area contributed by atoms with Crippen molar-refractivity contribution in [2.75, 3.05) is 6.54 Å². The third-order valence-electron chi connectivity index (χ3n) is 5.20. The van der Waals surface area contributed by atoms with Gasteiger partial charge < -0.3 is 10.4 Å². The molecule has 152 valence electrons. The number of nitrogens with zero attached hydrogens (tertiary/aromatic N) is 3. The van der Waals surface area contributed by atoms with Crippen molar-refractivity contribution in [3.8, 4) is 0 Å². The first-order valence-corrected chi connectivity index (χ1v) is 10.0. The molecule has 1 amide bonds. The van der Waals surface area contributed by atoms with Gasteiger partial charge in [0.25, 0.3) is 5.91 Å². The zero-order valence-electron chi connectivity index (χ0n) is 17.4. The van der Waals surface area contributed by atoms with Gasteiger partial charge in [-0.25, -0.2) is 9.67 Å². The standard InChI is InChI=1S/C21H30N4O3/c1-6-7-14(20(27)28)11-22-19(26)15-10-16(13-8-9-13)23-18-17(15)12(2)24-25(18)21(3,4)5/h10,13-14H,6-9,11H2,1-5H3,(H,22,26)(H,27,28). The molecule has 2 heterocycles. The van der Waals surface area contributed by atoms with Crippen molar-refractivity contribution in [2.24, 2.45) is 5.92 Å². The van der Waals surface area contributed by atoms with Gasteiger partial charge in [-0.15, -0.1) is 0 Å². The van der Waals surface area contributed by atoms with Crippen LogP contribution in [0.3, 0.4) is 0 Å². The van der Waals surface area contributed by atoms with E-state index < -0.39 is 11.9 Å². The summed E-state index contributed by atoms with van der Waals surface area (Å²) >= 11 is 0. The van der Waals surface area contributed by atoms with E-state index in [1.165, 1.54) is 0 Å². The number of amides is 1. The molecule has 7 nitrogen and oxygen atoms in total. The number of carbonyl (C=O) groups excluding carboxylic acids is 1. The van der Waals surface area contributed by atoms with Gasteiger partial charge in [0, 0.05) is 18.2 Å². The molecule has 1 aliphatic carbocycles. The van der Waals surface area contributed by atoms with Crippen molar-refractivity contribution in [3.05, 3.63) is 23.0 Å². The number of aliphatic carboxylic acids is 1. The van der Waals surface area contributed by atoms with Crippen LogP contribution >= 0.6 is 0 Å². The Kier molecular flexibility index (Phi) is 5.46. The van der Waals surface area contributed by atoms with Crippen LogP contribution in [0.25, 0.3) is 11.0 Å². The van der Waals surface area contributed by atoms with Crippen molar-refractivity contribution in [1.29, 1.82) is 0 Å². The lowest BCUT2D eigenvalue weighted by Gasteiger charge is -2.20. The molecule has 0 bridgehead atoms. The highest BCUT2D eigenvalue weighted by molar-refractivity contribution is 6.06. The maximum absolute atomic E-state index is 13.0. The maximum Gasteiger partial charge on any atom is 0.308 e. The fourth-order valence-electron chi connectivity index (χ4n) is 3.52. The number of carbonyl (C=O) groups is 2. The van der Waals surface area contributed by atoms with Crippen LogP contribution in [-0.2, 0) is 10.3 Å². The number of hydrogen-bond donors (Lipinski definition) is 2. The van der Waals surface area contributed by atoms with Gasteiger partial charge >= 0.3 is 5.97 Å². The van der Waals surface area contributed by atoms with Gasteiger partial charge in [-0.2, -0.15) is 5.10 Å². The van der Waals surface area contributed by atoms with Gasteiger partial charge in [-0.1, -0.05) is 13.3 Å². The summed E-state index contributed by atoms with van der Waals surface area (Å²) in [5.74, 6) is -1.32. The summed E-state index contributed by atoms with van der Waals surface area (Å²) in [6, 6.07) is 1.87. The Morgan fingerprint density at radius 1 is 1.36 bits per heavy atom. The molecule has 2 aromatic heterocycles. The third-order valence-corrected chi connectivity index (χ3v) is 5.20. The van der Waals surface area contributed by atoms with Crippen molar-refractivity contribution in [1.82, 2.24) is 20.1 Å². The molecule has 1 aliphatic rings. The quantitative estimate of drug-likeness (QED) is 0.758. The predicted molar refractivity (Wildman–Crippen MR) is 108 cm³/mol. The number of rotatable bonds is 7. The summed E-state index contributed by atoms with van der Waals surface area (Å²) in [7, 11) is 0. The van der Waals surface area contributed by atoms with Crippen molar-refractivity contribution in [3.63, 3.8) is 0 Å². The highest BCUT2D eigenvalue weighted by atomic mass is 16.4. The summed E-state index contributed by atoms with van der Waals surface area (Å²) in [4.78, 5) is 29.3. The molecule has 7 heteroatoms. The summed E-state index contributed by atoms with van der Waals surface area (Å²) in [5.41, 5.74) is 2.69. The minimum absolute atomic E-state index is 0.122. The monoisotopic (exact) mass is 386 g/mol. The molecular weight excluding hydrogens is 356 g/mol. The first kappa shape index (κ1) is 20.3. The lowest BCUT2D eigenvalue weighted by atomic mass is 10.0. The largest absolute Gasteiger partial charge is 0.481 e. The SMILES string of the molecule is CCCC(CNC(=O)c1cc(C2CC2)nc2c1c(C)nn2C(C)(C)C)C(=O)O. The van der Waals surface area contributed by atoms with Crippen LogP contribution in [0.5, 0.6) is 0 Å². The maximum atomic E-state index is 13.0. The molecule has 0 saturated heterocycles. The van der Waals surface area contributed by atoms with E-state index in [1.54, 1.807) is 0 Å². The molecule has 0 aromatic carbocycles. The van der Waals surface area contributed by atoms with E-state index in [2.05, 4.69) is 31.2 Å². The summed E-state index contributed by atoms with van der Waals surface area (Å²) < 4.78 is 1.89. The Bertz CT molecular complexity index is 906. The molecule has 2 N–H and O–H groups in total. The van der Waals surface area contributed by atoms with E-state index in [-0.39, 0.29) is 18.0 Å². The van der Waals surface area contributed by atoms with Crippen LogP contribution < -0.4 is 5.32 Å². The number of fused-ring (bicyclic) bond motifs is 1. The highest BCUT2D eigenvalue weighted by Gasteiger charge is 2.30. The zero-order valence-corrected chi connectivity index (χ0v) is 17.4. The van der Waals surface area contributed by atoms with Crippen LogP contribution in [-0.4, -0.2) is 38.3 Å². The average Bonchev–Trinajstić information content (AvgIpc) is 3.40. The normalized spacial score (nSPS) is 15.6. The highest BCUT2D eigenvalue weighted by Crippen LogP contribution is 2.41. The van der Waals surface area contributed by atoms with E-state index in [1.807, 2.05) is 24.6 Å². The fraction of sp³-hybridized carbons (Fsp3) is 0.619. The first-order chi connectivity index (χ1) is 13.1. The second-order valence-corrected chi connectivity index (χ2v) is 8.77. The number of aryl methyl sites for hydroxylation is 1. The second-order valence-electron chi connectivity index (χ2n) is 8.77. The molecule has 1 unspecified atom stereocenters. The molecule has 1 saturated carbocycles. The Balaban J connectivity index is 2.00. The zero-order chi connectivity index (χ0) is 20.6. The van der Waals surface area contributed by atoms with Crippen molar-refractivity contribution < 1.29 is 14.7 Å². The average molecular weight is 386 g/mol. The Labute approximate surface area is 165 Å². The molecule has 0 radical (unpaired) electrons. The summed E-state index contributed by atoms with van der Waals surface area (Å²) in [5, 5.41) is 17.6. The Morgan fingerprint density at radius 2 is 2.04 bits per heavy atom. The van der Waals surface area contributed by atoms with Crippen molar-refractivity contribution >= 4 is 22.9 Å². The van der Waals surface area contributed by atoms with Gasteiger partial charge in [0.05, 0.1) is 28.1 Å². The number of carboxylic acid groups (broad SMARTS) is 1. The van der Waals surface area contributed by atoms with Crippen LogP contribution in [0.15, 0.2) is 6.07 Å². The molecule has 1 fully saturated rings. The van der Waals surface area contributed by atoms with Crippen LogP contribution in [0.2, 0.25) is 0 Å². The van der Waals surface area contributed by atoms with E-state index in [9.17, 15) is 14.7 Å². The van der Waals surface area contributed by atoms with Crippen LogP contribution in [0, 0.1) is 12.8 Å². The van der Waals surface area contributed by atoms with Gasteiger partial charge in [0.2, 0.25) is 0 Å².